The molecule has 0 spiro atoms. The molecule has 18 atom stereocenters. The summed E-state index contributed by atoms with van der Waals surface area (Å²) in [5.41, 5.74) is 0. The standard InChI is InChI=1S/C87H160N2O21/c1-4-6-8-10-12-14-16-18-20-22-23-24-25-26-27-28-29-30-31-32-33-34-35-36-37-38-39-40-41-42-43-45-47-49-51-53-55-57-59-61-74(97)89-68(69(94)60-58-56-54-52-50-48-46-44-21-19-17-15-13-11-9-7-5-2)66-105-84-79(101)78(100)81(73(65-92)107-84)108-85-80(102)83(77(99)72(64-91)106-85)110-87(86(103)104)62-70(95)75(88-67(3)93)82(109-87)76(98)71(96)63-90/h29-30,32-33,58,60,68-73,75-85,90-92,94-96,98-102H,4-28,31,34-57,59,61-66H2,1-3H3,(H,88,93)(H,89,97)(H,103,104)/b30-29-,33-32-,60-58+. The van der Waals surface area contributed by atoms with Crippen LogP contribution in [0.1, 0.15) is 361 Å². The Bertz CT molecular complexity index is 2320. The second kappa shape index (κ2) is 65.0. The number of hydrogen-bond donors (Lipinski definition) is 14. The van der Waals surface area contributed by atoms with E-state index in [9.17, 15) is 75.7 Å². The summed E-state index contributed by atoms with van der Waals surface area (Å²) in [5.74, 6) is -6.14. The lowest BCUT2D eigenvalue weighted by molar-refractivity contribution is -0.386. The Labute approximate surface area is 663 Å². The summed E-state index contributed by atoms with van der Waals surface area (Å²) in [6, 6.07) is -2.62. The van der Waals surface area contributed by atoms with Gasteiger partial charge in [0.15, 0.2) is 12.6 Å². The first-order valence-electron chi connectivity index (χ1n) is 44.4. The van der Waals surface area contributed by atoms with Crippen LogP contribution in [0, 0.1) is 0 Å². The zero-order valence-electron chi connectivity index (χ0n) is 68.6. The summed E-state index contributed by atoms with van der Waals surface area (Å²) in [6.07, 6.45) is 47.8. The SMILES string of the molecule is CCCCCCCCCCCCCCCCC/C=C\C/C=C\CCCCCCCCCCCCCCCCCCCC(=O)NC(COC1OC(CO)C(OC2OC(CO)C(O)C(OC3(C(=O)O)CC(O)C(NC(C)=O)C(C(O)C(O)CO)O3)C2O)C(O)C1O)C(O)/C=C/CCCCCCCCCCCCCCCCC. The number of unbranched alkanes of at least 4 members (excludes halogenated alkanes) is 47. The maximum absolute atomic E-state index is 13.6. The van der Waals surface area contributed by atoms with Crippen LogP contribution < -0.4 is 10.6 Å². The van der Waals surface area contributed by atoms with Crippen molar-refractivity contribution < 1.29 is 104 Å². The molecule has 0 aromatic heterocycles. The molecule has 0 saturated carbocycles. The van der Waals surface area contributed by atoms with Gasteiger partial charge in [0.05, 0.1) is 50.7 Å². The number of carboxylic acids is 1. The van der Waals surface area contributed by atoms with E-state index in [4.69, 9.17) is 28.4 Å². The minimum Gasteiger partial charge on any atom is -0.477 e. The van der Waals surface area contributed by atoms with Crippen molar-refractivity contribution in [3.05, 3.63) is 36.5 Å². The van der Waals surface area contributed by atoms with E-state index in [-0.39, 0.29) is 12.3 Å². The minimum atomic E-state index is -3.08. The van der Waals surface area contributed by atoms with E-state index in [1.54, 1.807) is 6.08 Å². The molecule has 0 aliphatic carbocycles. The van der Waals surface area contributed by atoms with E-state index in [2.05, 4.69) is 48.8 Å². The van der Waals surface area contributed by atoms with Crippen LogP contribution in [0.2, 0.25) is 0 Å². The second-order valence-corrected chi connectivity index (χ2v) is 32.1. The average molecular weight is 1570 g/mol. The number of carbonyl (C=O) groups excluding carboxylic acids is 2. The van der Waals surface area contributed by atoms with Crippen molar-refractivity contribution in [1.82, 2.24) is 10.6 Å². The van der Waals surface area contributed by atoms with Crippen LogP contribution >= 0.6 is 0 Å². The number of hydrogen-bond acceptors (Lipinski definition) is 20. The van der Waals surface area contributed by atoms with Crippen molar-refractivity contribution >= 4 is 17.8 Å². The van der Waals surface area contributed by atoms with Crippen molar-refractivity contribution in [2.75, 3.05) is 26.4 Å². The third-order valence-corrected chi connectivity index (χ3v) is 22.3. The summed E-state index contributed by atoms with van der Waals surface area (Å²) < 4.78 is 34.9. The largest absolute Gasteiger partial charge is 0.477 e. The van der Waals surface area contributed by atoms with Crippen LogP contribution in [-0.2, 0) is 42.8 Å². The molecule has 2 amide bonds. The first-order chi connectivity index (χ1) is 53.4. The summed E-state index contributed by atoms with van der Waals surface area (Å²) in [6.45, 7) is 2.19. The van der Waals surface area contributed by atoms with E-state index in [1.165, 1.54) is 263 Å². The van der Waals surface area contributed by atoms with Crippen LogP contribution in [0.3, 0.4) is 0 Å². The minimum absolute atomic E-state index is 0.202. The normalized spacial score (nSPS) is 25.7. The van der Waals surface area contributed by atoms with E-state index in [0.29, 0.717) is 12.8 Å². The first kappa shape index (κ1) is 101. The fraction of sp³-hybridized carbons (Fsp3) is 0.897. The number of carboxylic acid groups (broad SMARTS) is 1. The highest BCUT2D eigenvalue weighted by Crippen LogP contribution is 2.39. The smallest absolute Gasteiger partial charge is 0.364 e. The van der Waals surface area contributed by atoms with E-state index >= 15 is 0 Å². The molecule has 23 heteroatoms. The topological polar surface area (TPSA) is 373 Å². The third-order valence-electron chi connectivity index (χ3n) is 22.3. The second-order valence-electron chi connectivity index (χ2n) is 32.1. The molecule has 0 aromatic rings. The molecular formula is C87H160N2O21. The van der Waals surface area contributed by atoms with Gasteiger partial charge in [-0.25, -0.2) is 4.79 Å². The van der Waals surface area contributed by atoms with Crippen LogP contribution in [0.15, 0.2) is 36.5 Å². The van der Waals surface area contributed by atoms with Crippen molar-refractivity contribution in [3.63, 3.8) is 0 Å². The highest BCUT2D eigenvalue weighted by Gasteiger charge is 2.60. The molecule has 3 aliphatic rings. The van der Waals surface area contributed by atoms with Gasteiger partial charge in [0.25, 0.3) is 5.79 Å². The van der Waals surface area contributed by atoms with Crippen LogP contribution in [-0.4, -0.2) is 215 Å². The van der Waals surface area contributed by atoms with Gasteiger partial charge in [-0.15, -0.1) is 0 Å². The molecule has 23 nitrogen and oxygen atoms in total. The number of aliphatic hydroxyl groups excluding tert-OH is 11. The Morgan fingerprint density at radius 2 is 0.882 bits per heavy atom. The highest BCUT2D eigenvalue weighted by molar-refractivity contribution is 5.77. The first-order valence-corrected chi connectivity index (χ1v) is 44.4. The summed E-state index contributed by atoms with van der Waals surface area (Å²) >= 11 is 0. The van der Waals surface area contributed by atoms with Gasteiger partial charge in [0.1, 0.15) is 67.1 Å². The quantitative estimate of drug-likeness (QED) is 0.0199. The van der Waals surface area contributed by atoms with Gasteiger partial charge >= 0.3 is 5.97 Å². The molecule has 644 valence electrons. The zero-order valence-corrected chi connectivity index (χ0v) is 68.6. The van der Waals surface area contributed by atoms with Gasteiger partial charge < -0.3 is 100 Å². The predicted molar refractivity (Wildman–Crippen MR) is 431 cm³/mol. The number of carbonyl (C=O) groups is 3. The molecule has 14 N–H and O–H groups in total. The molecule has 3 fully saturated rings. The van der Waals surface area contributed by atoms with Crippen LogP contribution in [0.25, 0.3) is 0 Å². The number of aliphatic carboxylic acids is 1. The Morgan fingerprint density at radius 3 is 1.28 bits per heavy atom. The number of amides is 2. The molecule has 18 unspecified atom stereocenters. The Morgan fingerprint density at radius 1 is 0.482 bits per heavy atom. The lowest BCUT2D eigenvalue weighted by Gasteiger charge is -2.50. The number of aliphatic hydroxyl groups is 11. The number of allylic oxidation sites excluding steroid dienone is 5. The molecule has 110 heavy (non-hydrogen) atoms. The predicted octanol–water partition coefficient (Wildman–Crippen LogP) is 13.6. The highest BCUT2D eigenvalue weighted by atomic mass is 16.8. The van der Waals surface area contributed by atoms with Crippen molar-refractivity contribution in [1.29, 1.82) is 0 Å². The van der Waals surface area contributed by atoms with Gasteiger partial charge in [-0.1, -0.05) is 326 Å². The lowest BCUT2D eigenvalue weighted by atomic mass is 9.88. The molecule has 0 radical (unpaired) electrons. The molecular weight excluding hydrogens is 1410 g/mol. The average Bonchev–Trinajstić information content (AvgIpc) is 0.755. The number of nitrogens with one attached hydrogen (secondary N) is 2. The molecule has 0 bridgehead atoms. The van der Waals surface area contributed by atoms with Gasteiger partial charge in [-0.05, 0) is 51.4 Å². The van der Waals surface area contributed by atoms with Crippen LogP contribution in [0.4, 0.5) is 0 Å². The van der Waals surface area contributed by atoms with Crippen molar-refractivity contribution in [2.45, 2.75) is 471 Å². The third kappa shape index (κ3) is 43.8. The monoisotopic (exact) mass is 1570 g/mol. The fourth-order valence-electron chi connectivity index (χ4n) is 15.3. The van der Waals surface area contributed by atoms with Crippen LogP contribution in [0.5, 0.6) is 0 Å². The maximum atomic E-state index is 13.6. The van der Waals surface area contributed by atoms with Gasteiger partial charge in [-0.3, -0.25) is 9.59 Å². The fourth-order valence-corrected chi connectivity index (χ4v) is 15.3. The molecule has 0 aromatic carbocycles. The van der Waals surface area contributed by atoms with Gasteiger partial charge in [0, 0.05) is 19.8 Å². The zero-order chi connectivity index (χ0) is 80.3. The van der Waals surface area contributed by atoms with Gasteiger partial charge in [0.2, 0.25) is 11.8 Å². The summed E-state index contributed by atoms with van der Waals surface area (Å²) in [5, 5.41) is 136. The molecule has 3 rings (SSSR count). The number of ether oxygens (including phenoxy) is 6. The lowest BCUT2D eigenvalue weighted by Crippen LogP contribution is -2.70. The van der Waals surface area contributed by atoms with Crippen molar-refractivity contribution in [2.24, 2.45) is 0 Å². The Balaban J connectivity index is 1.41. The van der Waals surface area contributed by atoms with E-state index in [1.807, 2.05) is 6.08 Å². The molecule has 3 heterocycles. The summed E-state index contributed by atoms with van der Waals surface area (Å²) in [7, 11) is 0. The van der Waals surface area contributed by atoms with E-state index < -0.39 is 155 Å². The van der Waals surface area contributed by atoms with E-state index in [0.717, 1.165) is 58.3 Å². The number of rotatable bonds is 71. The Kier molecular flexibility index (Phi) is 59.8. The molecule has 3 aliphatic heterocycles. The summed E-state index contributed by atoms with van der Waals surface area (Å²) in [4.78, 5) is 38.7. The van der Waals surface area contributed by atoms with Crippen molar-refractivity contribution in [3.8, 4) is 0 Å². The Hall–Kier alpha value is -3.05. The molecule has 3 saturated heterocycles. The maximum Gasteiger partial charge on any atom is 0.364 e. The van der Waals surface area contributed by atoms with Gasteiger partial charge in [-0.2, -0.15) is 0 Å².